The summed E-state index contributed by atoms with van der Waals surface area (Å²) in [5, 5.41) is 2.61. The minimum atomic E-state index is -0.591. The van der Waals surface area contributed by atoms with E-state index in [1.54, 1.807) is 11.9 Å². The van der Waals surface area contributed by atoms with Crippen LogP contribution >= 0.6 is 12.4 Å². The third-order valence-electron chi connectivity index (χ3n) is 4.05. The van der Waals surface area contributed by atoms with Crippen molar-refractivity contribution in [1.82, 2.24) is 10.2 Å². The number of hydrogen-bond donors (Lipinski definition) is 2. The van der Waals surface area contributed by atoms with Gasteiger partial charge in [-0.25, -0.2) is 0 Å². The van der Waals surface area contributed by atoms with Crippen LogP contribution in [-0.4, -0.2) is 36.3 Å². The van der Waals surface area contributed by atoms with Gasteiger partial charge in [0.15, 0.2) is 0 Å². The highest BCUT2D eigenvalue weighted by Gasteiger charge is 2.21. The van der Waals surface area contributed by atoms with E-state index in [-0.39, 0.29) is 42.7 Å². The van der Waals surface area contributed by atoms with Gasteiger partial charge in [0.1, 0.15) is 0 Å². The van der Waals surface area contributed by atoms with Crippen molar-refractivity contribution in [3.05, 3.63) is 35.4 Å². The van der Waals surface area contributed by atoms with E-state index in [1.165, 1.54) is 0 Å². The number of nitrogens with zero attached hydrogens (tertiary/aromatic N) is 1. The number of likely N-dealkylation sites (N-methyl/N-ethyl adjacent to an activating group) is 1. The van der Waals surface area contributed by atoms with Crippen molar-refractivity contribution in [2.45, 2.75) is 39.8 Å². The topological polar surface area (TPSA) is 75.4 Å². The number of amides is 2. The maximum absolute atomic E-state index is 12.2. The summed E-state index contributed by atoms with van der Waals surface area (Å²) in [7, 11) is 1.74. The van der Waals surface area contributed by atoms with Gasteiger partial charge in [-0.15, -0.1) is 12.4 Å². The van der Waals surface area contributed by atoms with Crippen molar-refractivity contribution < 1.29 is 9.59 Å². The fourth-order valence-electron chi connectivity index (χ4n) is 2.19. The lowest BCUT2D eigenvalue weighted by atomic mass is 10.0. The number of halogens is 1. The van der Waals surface area contributed by atoms with Crippen molar-refractivity contribution in [2.24, 2.45) is 11.7 Å². The summed E-state index contributed by atoms with van der Waals surface area (Å²) in [6, 6.07) is 7.32. The van der Waals surface area contributed by atoms with Crippen LogP contribution in [0.15, 0.2) is 24.3 Å². The predicted molar refractivity (Wildman–Crippen MR) is 95.4 cm³/mol. The van der Waals surface area contributed by atoms with E-state index < -0.39 is 6.04 Å². The van der Waals surface area contributed by atoms with Gasteiger partial charge in [-0.2, -0.15) is 0 Å². The van der Waals surface area contributed by atoms with E-state index in [9.17, 15) is 9.59 Å². The molecule has 0 spiro atoms. The zero-order chi connectivity index (χ0) is 16.9. The van der Waals surface area contributed by atoms with Gasteiger partial charge >= 0.3 is 0 Å². The Kier molecular flexibility index (Phi) is 8.87. The second kappa shape index (κ2) is 9.53. The molecule has 0 heterocycles. The van der Waals surface area contributed by atoms with Crippen molar-refractivity contribution in [2.75, 3.05) is 13.6 Å². The van der Waals surface area contributed by atoms with E-state index in [0.29, 0.717) is 0 Å². The zero-order valence-corrected chi connectivity index (χ0v) is 15.3. The molecule has 2 atom stereocenters. The SMILES string of the molecule is Cc1ccccc1C(C)N(C)C(=O)CNC(=O)[C@@H](N)C(C)C.Cl. The summed E-state index contributed by atoms with van der Waals surface area (Å²) < 4.78 is 0. The lowest BCUT2D eigenvalue weighted by Gasteiger charge is -2.27. The molecule has 1 rings (SSSR count). The Morgan fingerprint density at radius 2 is 1.78 bits per heavy atom. The molecule has 0 saturated carbocycles. The lowest BCUT2D eigenvalue weighted by Crippen LogP contribution is -2.47. The summed E-state index contributed by atoms with van der Waals surface area (Å²) in [5.41, 5.74) is 8.00. The van der Waals surface area contributed by atoms with Crippen molar-refractivity contribution in [3.63, 3.8) is 0 Å². The molecule has 0 aliphatic rings. The number of carbonyl (C=O) groups excluding carboxylic acids is 2. The Morgan fingerprint density at radius 1 is 1.22 bits per heavy atom. The van der Waals surface area contributed by atoms with Crippen molar-refractivity contribution in [1.29, 1.82) is 0 Å². The number of rotatable bonds is 6. The predicted octanol–water partition coefficient (Wildman–Crippen LogP) is 2.04. The Bertz CT molecular complexity index is 534. The molecular weight excluding hydrogens is 314 g/mol. The summed E-state index contributed by atoms with van der Waals surface area (Å²) in [4.78, 5) is 25.7. The molecule has 3 N–H and O–H groups in total. The highest BCUT2D eigenvalue weighted by Crippen LogP contribution is 2.21. The van der Waals surface area contributed by atoms with Gasteiger partial charge in [0.2, 0.25) is 11.8 Å². The van der Waals surface area contributed by atoms with Crippen molar-refractivity contribution in [3.8, 4) is 0 Å². The van der Waals surface area contributed by atoms with Crippen LogP contribution < -0.4 is 11.1 Å². The molecule has 0 fully saturated rings. The van der Waals surface area contributed by atoms with Crippen LogP contribution in [-0.2, 0) is 9.59 Å². The molecule has 1 aromatic carbocycles. The maximum Gasteiger partial charge on any atom is 0.242 e. The minimum Gasteiger partial charge on any atom is -0.346 e. The van der Waals surface area contributed by atoms with Crippen molar-refractivity contribution >= 4 is 24.2 Å². The molecule has 0 saturated heterocycles. The summed E-state index contributed by atoms with van der Waals surface area (Å²) >= 11 is 0. The number of nitrogens with two attached hydrogens (primary N) is 1. The van der Waals surface area contributed by atoms with Crippen LogP contribution in [0.5, 0.6) is 0 Å². The summed E-state index contributed by atoms with van der Waals surface area (Å²) in [6.07, 6.45) is 0. The molecule has 130 valence electrons. The standard InChI is InChI=1S/C17H27N3O2.ClH/c1-11(2)16(18)17(22)19-10-15(21)20(5)13(4)14-9-7-6-8-12(14)3;/h6-9,11,13,16H,10,18H2,1-5H3,(H,19,22);1H/t13?,16-;/m0./s1. The molecule has 0 aliphatic heterocycles. The van der Waals surface area contributed by atoms with Crippen LogP contribution in [0.25, 0.3) is 0 Å². The largest absolute Gasteiger partial charge is 0.346 e. The molecule has 2 amide bonds. The van der Waals surface area contributed by atoms with E-state index >= 15 is 0 Å². The third kappa shape index (κ3) is 5.84. The maximum atomic E-state index is 12.2. The van der Waals surface area contributed by atoms with Gasteiger partial charge in [0.05, 0.1) is 18.6 Å². The third-order valence-corrected chi connectivity index (χ3v) is 4.05. The monoisotopic (exact) mass is 341 g/mol. The molecule has 0 aliphatic carbocycles. The van der Waals surface area contributed by atoms with Crippen LogP contribution in [0, 0.1) is 12.8 Å². The first-order chi connectivity index (χ1) is 10.3. The second-order valence-corrected chi connectivity index (χ2v) is 6.02. The molecule has 5 nitrogen and oxygen atoms in total. The average Bonchev–Trinajstić information content (AvgIpc) is 2.50. The summed E-state index contributed by atoms with van der Waals surface area (Å²) in [6.45, 7) is 7.71. The van der Waals surface area contributed by atoms with Crippen LogP contribution in [0.1, 0.15) is 37.9 Å². The molecule has 6 heteroatoms. The molecule has 0 bridgehead atoms. The number of nitrogens with one attached hydrogen (secondary N) is 1. The van der Waals surface area contributed by atoms with Crippen LogP contribution in [0.3, 0.4) is 0 Å². The van der Waals surface area contributed by atoms with E-state index in [0.717, 1.165) is 11.1 Å². The van der Waals surface area contributed by atoms with Gasteiger partial charge < -0.3 is 16.0 Å². The first-order valence-corrected chi connectivity index (χ1v) is 7.60. The molecule has 1 aromatic rings. The molecular formula is C17H28ClN3O2. The second-order valence-electron chi connectivity index (χ2n) is 6.02. The molecule has 0 radical (unpaired) electrons. The fraction of sp³-hybridized carbons (Fsp3) is 0.529. The molecule has 0 aromatic heterocycles. The average molecular weight is 342 g/mol. The number of carbonyl (C=O) groups is 2. The Morgan fingerprint density at radius 3 is 2.30 bits per heavy atom. The first-order valence-electron chi connectivity index (χ1n) is 7.60. The Hall–Kier alpha value is -1.59. The quantitative estimate of drug-likeness (QED) is 0.831. The molecule has 1 unspecified atom stereocenters. The highest BCUT2D eigenvalue weighted by molar-refractivity contribution is 5.87. The van der Waals surface area contributed by atoms with E-state index in [1.807, 2.05) is 52.0 Å². The lowest BCUT2D eigenvalue weighted by molar-refractivity contribution is -0.133. The Balaban J connectivity index is 0.00000484. The summed E-state index contributed by atoms with van der Waals surface area (Å²) in [5.74, 6) is -0.390. The number of aryl methyl sites for hydroxylation is 1. The fourth-order valence-corrected chi connectivity index (χ4v) is 2.19. The number of hydrogen-bond acceptors (Lipinski definition) is 3. The van der Waals surface area contributed by atoms with Gasteiger partial charge in [-0.3, -0.25) is 9.59 Å². The molecule has 23 heavy (non-hydrogen) atoms. The Labute approximate surface area is 145 Å². The minimum absolute atomic E-state index is 0. The van der Waals surface area contributed by atoms with Gasteiger partial charge in [0, 0.05) is 7.05 Å². The normalized spacial score (nSPS) is 13.0. The zero-order valence-electron chi connectivity index (χ0n) is 14.5. The van der Waals surface area contributed by atoms with E-state index in [2.05, 4.69) is 5.32 Å². The van der Waals surface area contributed by atoms with Crippen LogP contribution in [0.4, 0.5) is 0 Å². The highest BCUT2D eigenvalue weighted by atomic mass is 35.5. The van der Waals surface area contributed by atoms with Gasteiger partial charge in [-0.1, -0.05) is 38.1 Å². The van der Waals surface area contributed by atoms with Crippen LogP contribution in [0.2, 0.25) is 0 Å². The first kappa shape index (κ1) is 21.4. The number of benzene rings is 1. The smallest absolute Gasteiger partial charge is 0.242 e. The van der Waals surface area contributed by atoms with Gasteiger partial charge in [-0.05, 0) is 30.9 Å². The van der Waals surface area contributed by atoms with E-state index in [4.69, 9.17) is 5.73 Å². The van der Waals surface area contributed by atoms with Gasteiger partial charge in [0.25, 0.3) is 0 Å².